The molecular formula is C23H21F3N4O3. The lowest BCUT2D eigenvalue weighted by molar-refractivity contribution is -0.137. The first-order valence-corrected chi connectivity index (χ1v) is 10.3. The van der Waals surface area contributed by atoms with Crippen molar-refractivity contribution >= 4 is 17.5 Å². The van der Waals surface area contributed by atoms with Crippen LogP contribution in [0.15, 0.2) is 54.7 Å². The smallest absolute Gasteiger partial charge is 0.416 e. The van der Waals surface area contributed by atoms with Crippen LogP contribution in [0.5, 0.6) is 5.75 Å². The van der Waals surface area contributed by atoms with Crippen LogP contribution in [-0.4, -0.2) is 46.7 Å². The second kappa shape index (κ2) is 8.97. The van der Waals surface area contributed by atoms with Gasteiger partial charge in [-0.3, -0.25) is 9.59 Å². The predicted molar refractivity (Wildman–Crippen MR) is 115 cm³/mol. The third-order valence-electron chi connectivity index (χ3n) is 5.34. The van der Waals surface area contributed by atoms with Crippen LogP contribution in [0, 0.1) is 0 Å². The second-order valence-electron chi connectivity index (χ2n) is 7.57. The molecule has 7 nitrogen and oxygen atoms in total. The van der Waals surface area contributed by atoms with E-state index in [1.54, 1.807) is 29.2 Å². The van der Waals surface area contributed by atoms with Gasteiger partial charge in [0.05, 0.1) is 24.6 Å². The van der Waals surface area contributed by atoms with E-state index in [4.69, 9.17) is 4.74 Å². The molecule has 33 heavy (non-hydrogen) atoms. The van der Waals surface area contributed by atoms with Crippen molar-refractivity contribution in [1.29, 1.82) is 0 Å². The summed E-state index contributed by atoms with van der Waals surface area (Å²) in [6.07, 6.45) is -1.18. The molecule has 4 rings (SSSR count). The maximum Gasteiger partial charge on any atom is 0.416 e. The number of hydrogen-bond donors (Lipinski definition) is 1. The van der Waals surface area contributed by atoms with Crippen LogP contribution in [0.1, 0.15) is 39.3 Å². The van der Waals surface area contributed by atoms with E-state index in [0.717, 1.165) is 42.7 Å². The third kappa shape index (κ3) is 4.84. The van der Waals surface area contributed by atoms with Crippen molar-refractivity contribution in [3.8, 4) is 11.4 Å². The van der Waals surface area contributed by atoms with E-state index in [2.05, 4.69) is 10.4 Å². The van der Waals surface area contributed by atoms with Crippen LogP contribution in [0.25, 0.3) is 5.69 Å². The average Bonchev–Trinajstić information content (AvgIpc) is 3.49. The molecule has 0 spiro atoms. The lowest BCUT2D eigenvalue weighted by Gasteiger charge is -2.15. The van der Waals surface area contributed by atoms with Crippen LogP contribution in [0.4, 0.5) is 18.9 Å². The van der Waals surface area contributed by atoms with E-state index in [9.17, 15) is 22.8 Å². The van der Waals surface area contributed by atoms with Gasteiger partial charge in [0.2, 0.25) is 0 Å². The Morgan fingerprint density at radius 2 is 1.76 bits per heavy atom. The summed E-state index contributed by atoms with van der Waals surface area (Å²) >= 11 is 0. The monoisotopic (exact) mass is 458 g/mol. The molecule has 0 unspecified atom stereocenters. The third-order valence-corrected chi connectivity index (χ3v) is 5.34. The molecule has 0 radical (unpaired) electrons. The molecule has 0 atom stereocenters. The highest BCUT2D eigenvalue weighted by molar-refractivity contribution is 6.05. The Balaban J connectivity index is 1.52. The van der Waals surface area contributed by atoms with Gasteiger partial charge in [-0.2, -0.15) is 18.3 Å². The lowest BCUT2D eigenvalue weighted by atomic mass is 10.2. The highest BCUT2D eigenvalue weighted by atomic mass is 19.4. The zero-order valence-corrected chi connectivity index (χ0v) is 17.7. The van der Waals surface area contributed by atoms with Crippen LogP contribution < -0.4 is 10.1 Å². The summed E-state index contributed by atoms with van der Waals surface area (Å²) in [5, 5.41) is 6.79. The van der Waals surface area contributed by atoms with Gasteiger partial charge in [0.25, 0.3) is 11.8 Å². The Kier molecular flexibility index (Phi) is 6.08. The molecule has 0 saturated carbocycles. The fourth-order valence-electron chi connectivity index (χ4n) is 3.61. The molecule has 3 aromatic rings. The van der Waals surface area contributed by atoms with Crippen molar-refractivity contribution < 1.29 is 27.5 Å². The number of benzene rings is 2. The number of aromatic nitrogens is 2. The quantitative estimate of drug-likeness (QED) is 0.616. The number of hydrogen-bond acceptors (Lipinski definition) is 4. The fraction of sp³-hybridized carbons (Fsp3) is 0.261. The van der Waals surface area contributed by atoms with Crippen molar-refractivity contribution in [2.24, 2.45) is 0 Å². The summed E-state index contributed by atoms with van der Waals surface area (Å²) in [6.45, 7) is 1.48. The van der Waals surface area contributed by atoms with E-state index in [0.29, 0.717) is 11.3 Å². The first-order chi connectivity index (χ1) is 15.8. The summed E-state index contributed by atoms with van der Waals surface area (Å²) in [5.41, 5.74) is 0.179. The minimum Gasteiger partial charge on any atom is -0.493 e. The lowest BCUT2D eigenvalue weighted by Crippen LogP contribution is -2.27. The summed E-state index contributed by atoms with van der Waals surface area (Å²) < 4.78 is 45.4. The Morgan fingerprint density at radius 1 is 1.06 bits per heavy atom. The predicted octanol–water partition coefficient (Wildman–Crippen LogP) is 4.39. The summed E-state index contributed by atoms with van der Waals surface area (Å²) in [6, 6.07) is 11.1. The number of alkyl halides is 3. The molecule has 2 aromatic carbocycles. The standard InChI is InChI=1S/C23H21F3N4O3/c1-33-19-14-30(18-6-4-5-16(13-18)23(24,25)26)28-20(19)21(31)27-17-9-7-15(8-10-17)22(32)29-11-2-3-12-29/h4-10,13-14H,2-3,11-12H2,1H3,(H,27,31). The molecule has 0 aliphatic carbocycles. The number of anilines is 1. The first-order valence-electron chi connectivity index (χ1n) is 10.3. The van der Waals surface area contributed by atoms with E-state index in [1.807, 2.05) is 0 Å². The van der Waals surface area contributed by atoms with Crippen LogP contribution in [0.3, 0.4) is 0 Å². The van der Waals surface area contributed by atoms with Gasteiger partial charge in [0, 0.05) is 24.3 Å². The average molecular weight is 458 g/mol. The molecular weight excluding hydrogens is 437 g/mol. The molecule has 2 amide bonds. The van der Waals surface area contributed by atoms with Gasteiger partial charge in [-0.05, 0) is 55.3 Å². The SMILES string of the molecule is COc1cn(-c2cccc(C(F)(F)F)c2)nc1C(=O)Nc1ccc(C(=O)N2CCCC2)cc1. The molecule has 1 saturated heterocycles. The minimum absolute atomic E-state index is 0.0492. The van der Waals surface area contributed by atoms with E-state index < -0.39 is 17.6 Å². The molecule has 1 aliphatic heterocycles. The Morgan fingerprint density at radius 3 is 2.39 bits per heavy atom. The Labute approximate surface area is 187 Å². The van der Waals surface area contributed by atoms with E-state index in [-0.39, 0.29) is 23.0 Å². The van der Waals surface area contributed by atoms with E-state index in [1.165, 1.54) is 25.4 Å². The number of rotatable bonds is 5. The number of carbonyl (C=O) groups is 2. The zero-order chi connectivity index (χ0) is 23.6. The molecule has 1 aromatic heterocycles. The summed E-state index contributed by atoms with van der Waals surface area (Å²) in [4.78, 5) is 27.0. The van der Waals surface area contributed by atoms with E-state index >= 15 is 0 Å². The molecule has 1 N–H and O–H groups in total. The van der Waals surface area contributed by atoms with Crippen LogP contribution in [0.2, 0.25) is 0 Å². The number of likely N-dealkylation sites (tertiary alicyclic amines) is 1. The fourth-order valence-corrected chi connectivity index (χ4v) is 3.61. The van der Waals surface area contributed by atoms with Gasteiger partial charge in [0.1, 0.15) is 0 Å². The number of methoxy groups -OCH3 is 1. The molecule has 2 heterocycles. The molecule has 172 valence electrons. The molecule has 10 heteroatoms. The molecule has 1 aliphatic rings. The number of nitrogens with one attached hydrogen (secondary N) is 1. The highest BCUT2D eigenvalue weighted by Crippen LogP contribution is 2.31. The normalized spacial score (nSPS) is 13.8. The van der Waals surface area contributed by atoms with Crippen LogP contribution in [-0.2, 0) is 6.18 Å². The molecule has 0 bridgehead atoms. The van der Waals surface area contributed by atoms with Crippen molar-refractivity contribution in [2.45, 2.75) is 19.0 Å². The summed E-state index contributed by atoms with van der Waals surface area (Å²) in [7, 11) is 1.34. The number of amides is 2. The zero-order valence-electron chi connectivity index (χ0n) is 17.7. The molecule has 1 fully saturated rings. The van der Waals surface area contributed by atoms with Gasteiger partial charge in [-0.25, -0.2) is 4.68 Å². The maximum absolute atomic E-state index is 13.0. The minimum atomic E-state index is -4.50. The second-order valence-corrected chi connectivity index (χ2v) is 7.57. The number of halogens is 3. The number of carbonyl (C=O) groups excluding carboxylic acids is 2. The van der Waals surface area contributed by atoms with Crippen LogP contribution >= 0.6 is 0 Å². The van der Waals surface area contributed by atoms with Gasteiger partial charge in [0.15, 0.2) is 11.4 Å². The van der Waals surface area contributed by atoms with Gasteiger partial charge in [-0.1, -0.05) is 6.07 Å². The maximum atomic E-state index is 13.0. The van der Waals surface area contributed by atoms with Gasteiger partial charge < -0.3 is 15.0 Å². The number of ether oxygens (including phenoxy) is 1. The van der Waals surface area contributed by atoms with Crippen molar-refractivity contribution in [3.63, 3.8) is 0 Å². The van der Waals surface area contributed by atoms with Crippen molar-refractivity contribution in [1.82, 2.24) is 14.7 Å². The first kappa shape index (κ1) is 22.4. The van der Waals surface area contributed by atoms with Gasteiger partial charge in [-0.15, -0.1) is 0 Å². The largest absolute Gasteiger partial charge is 0.493 e. The summed E-state index contributed by atoms with van der Waals surface area (Å²) in [5.74, 6) is -0.547. The number of nitrogens with zero attached hydrogens (tertiary/aromatic N) is 3. The van der Waals surface area contributed by atoms with Crippen molar-refractivity contribution in [3.05, 3.63) is 71.5 Å². The topological polar surface area (TPSA) is 76.5 Å². The van der Waals surface area contributed by atoms with Crippen molar-refractivity contribution in [2.75, 3.05) is 25.5 Å². The Bertz CT molecular complexity index is 1170. The van der Waals surface area contributed by atoms with Gasteiger partial charge >= 0.3 is 6.18 Å². The Hall–Kier alpha value is -3.82. The highest BCUT2D eigenvalue weighted by Gasteiger charge is 2.31.